The van der Waals surface area contributed by atoms with Gasteiger partial charge in [0.15, 0.2) is 5.96 Å². The number of aliphatic imine (C=N–C) groups is 1. The predicted molar refractivity (Wildman–Crippen MR) is 82.3 cm³/mol. The molecule has 0 aliphatic heterocycles. The highest BCUT2D eigenvalue weighted by atomic mass is 79.9. The highest BCUT2D eigenvalue weighted by molar-refractivity contribution is 9.10. The van der Waals surface area contributed by atoms with Crippen LogP contribution in [0.2, 0.25) is 0 Å². The van der Waals surface area contributed by atoms with Crippen molar-refractivity contribution in [1.82, 2.24) is 15.4 Å². The van der Waals surface area contributed by atoms with Crippen LogP contribution in [0.25, 0.3) is 0 Å². The van der Waals surface area contributed by atoms with Crippen LogP contribution in [0.3, 0.4) is 0 Å². The highest BCUT2D eigenvalue weighted by Crippen LogP contribution is 2.15. The maximum Gasteiger partial charge on any atom is 0.194 e. The molecule has 0 amide bonds. The van der Waals surface area contributed by atoms with Crippen LogP contribution in [-0.2, 0) is 13.1 Å². The van der Waals surface area contributed by atoms with Gasteiger partial charge in [-0.25, -0.2) is 0 Å². The summed E-state index contributed by atoms with van der Waals surface area (Å²) >= 11 is 3.54. The van der Waals surface area contributed by atoms with E-state index in [1.54, 1.807) is 13.3 Å². The summed E-state index contributed by atoms with van der Waals surface area (Å²) in [6.07, 6.45) is 1.57. The van der Waals surface area contributed by atoms with Gasteiger partial charge in [0.2, 0.25) is 0 Å². The number of aromatic nitrogens is 1. The van der Waals surface area contributed by atoms with Gasteiger partial charge in [-0.3, -0.25) is 4.99 Å². The molecule has 0 bridgehead atoms. The van der Waals surface area contributed by atoms with E-state index in [-0.39, 0.29) is 0 Å². The largest absolute Gasteiger partial charge is 0.364 e. The van der Waals surface area contributed by atoms with Gasteiger partial charge in [0.1, 0.15) is 12.0 Å². The lowest BCUT2D eigenvalue weighted by atomic mass is 10.2. The second kappa shape index (κ2) is 7.09. The van der Waals surface area contributed by atoms with Crippen LogP contribution >= 0.6 is 15.9 Å². The van der Waals surface area contributed by atoms with Gasteiger partial charge in [-0.05, 0) is 11.6 Å². The van der Waals surface area contributed by atoms with Gasteiger partial charge in [-0.2, -0.15) is 0 Å². The molecule has 1 aromatic heterocycles. The number of benzene rings is 1. The predicted octanol–water partition coefficient (Wildman–Crippen LogP) is 2.64. The maximum atomic E-state index is 4.83. The van der Waals surface area contributed by atoms with Gasteiger partial charge in [-0.15, -0.1) is 0 Å². The molecule has 0 unspecified atom stereocenters. The van der Waals surface area contributed by atoms with Gasteiger partial charge in [0.25, 0.3) is 0 Å². The number of nitrogens with zero attached hydrogens (tertiary/aromatic N) is 3. The fraction of sp³-hybridized carbons (Fsp3) is 0.286. The summed E-state index contributed by atoms with van der Waals surface area (Å²) in [4.78, 5) is 6.27. The minimum Gasteiger partial charge on any atom is -0.364 e. The summed E-state index contributed by atoms with van der Waals surface area (Å²) in [6.45, 7) is 1.35. The third-order valence-electron chi connectivity index (χ3n) is 2.86. The zero-order valence-electron chi connectivity index (χ0n) is 11.5. The van der Waals surface area contributed by atoms with E-state index in [2.05, 4.69) is 37.5 Å². The van der Waals surface area contributed by atoms with E-state index in [9.17, 15) is 0 Å². The quantitative estimate of drug-likeness (QED) is 0.688. The Bertz CT molecular complexity index is 568. The third kappa shape index (κ3) is 3.84. The number of guanidine groups is 1. The van der Waals surface area contributed by atoms with Crippen LogP contribution < -0.4 is 5.32 Å². The average molecular weight is 337 g/mol. The molecule has 0 saturated heterocycles. The minimum absolute atomic E-state index is 0.645. The number of rotatable bonds is 4. The number of nitrogens with one attached hydrogen (secondary N) is 1. The minimum atomic E-state index is 0.645. The molecule has 106 valence electrons. The summed E-state index contributed by atoms with van der Waals surface area (Å²) in [5, 5.41) is 7.22. The first kappa shape index (κ1) is 14.6. The first-order valence-corrected chi connectivity index (χ1v) is 7.04. The van der Waals surface area contributed by atoms with Crippen molar-refractivity contribution in [1.29, 1.82) is 0 Å². The second-order valence-corrected chi connectivity index (χ2v) is 5.19. The van der Waals surface area contributed by atoms with Crippen molar-refractivity contribution in [2.24, 2.45) is 4.99 Å². The summed E-state index contributed by atoms with van der Waals surface area (Å²) in [5.74, 6) is 0.809. The van der Waals surface area contributed by atoms with Crippen molar-refractivity contribution in [2.75, 3.05) is 14.1 Å². The molecule has 0 radical (unpaired) electrons. The smallest absolute Gasteiger partial charge is 0.194 e. The average Bonchev–Trinajstić information content (AvgIpc) is 2.94. The number of halogens is 1. The summed E-state index contributed by atoms with van der Waals surface area (Å²) in [5.41, 5.74) is 2.06. The normalized spacial score (nSPS) is 11.4. The Balaban J connectivity index is 1.94. The topological polar surface area (TPSA) is 53.7 Å². The van der Waals surface area contributed by atoms with E-state index in [4.69, 9.17) is 4.52 Å². The molecule has 1 aromatic carbocycles. The van der Waals surface area contributed by atoms with Crippen molar-refractivity contribution in [2.45, 2.75) is 13.1 Å². The molecule has 0 spiro atoms. The second-order valence-electron chi connectivity index (χ2n) is 4.34. The Kier molecular flexibility index (Phi) is 5.17. The van der Waals surface area contributed by atoms with Gasteiger partial charge in [0, 0.05) is 31.2 Å². The molecule has 0 fully saturated rings. The Morgan fingerprint density at radius 3 is 2.85 bits per heavy atom. The van der Waals surface area contributed by atoms with E-state index in [1.807, 2.05) is 36.2 Å². The molecule has 20 heavy (non-hydrogen) atoms. The van der Waals surface area contributed by atoms with Crippen molar-refractivity contribution in [3.8, 4) is 0 Å². The van der Waals surface area contributed by atoms with Crippen molar-refractivity contribution >= 4 is 21.9 Å². The molecular formula is C14H17BrN4O. The van der Waals surface area contributed by atoms with Crippen LogP contribution in [-0.4, -0.2) is 30.1 Å². The van der Waals surface area contributed by atoms with Crippen molar-refractivity contribution in [3.05, 3.63) is 52.3 Å². The maximum absolute atomic E-state index is 4.83. The van der Waals surface area contributed by atoms with Crippen molar-refractivity contribution < 1.29 is 4.52 Å². The Morgan fingerprint density at radius 2 is 2.20 bits per heavy atom. The Labute approximate surface area is 126 Å². The third-order valence-corrected chi connectivity index (χ3v) is 3.63. The number of hydrogen-bond donors (Lipinski definition) is 1. The van der Waals surface area contributed by atoms with E-state index < -0.39 is 0 Å². The Hall–Kier alpha value is -1.82. The molecule has 2 aromatic rings. The number of hydrogen-bond acceptors (Lipinski definition) is 3. The van der Waals surface area contributed by atoms with Crippen LogP contribution in [0.5, 0.6) is 0 Å². The lowest BCUT2D eigenvalue weighted by Gasteiger charge is -2.21. The Morgan fingerprint density at radius 1 is 1.40 bits per heavy atom. The lowest BCUT2D eigenvalue weighted by Crippen LogP contribution is -2.38. The lowest BCUT2D eigenvalue weighted by molar-refractivity contribution is 0.391. The zero-order chi connectivity index (χ0) is 14.4. The van der Waals surface area contributed by atoms with Crippen molar-refractivity contribution in [3.63, 3.8) is 0 Å². The molecule has 0 aliphatic carbocycles. The monoisotopic (exact) mass is 336 g/mol. The van der Waals surface area contributed by atoms with E-state index in [0.29, 0.717) is 13.1 Å². The van der Waals surface area contributed by atoms with Crippen LogP contribution in [0, 0.1) is 0 Å². The summed E-state index contributed by atoms with van der Waals surface area (Å²) in [6, 6.07) is 9.96. The molecule has 1 heterocycles. The standard InChI is InChI=1S/C14H17BrN4O/c1-16-14(19(2)10-12-7-8-20-18-12)17-9-11-5-3-4-6-13(11)15/h3-8H,9-10H2,1-2H3,(H,16,17). The SMILES string of the molecule is CN=C(NCc1ccccc1Br)N(C)Cc1ccon1. The molecular weight excluding hydrogens is 320 g/mol. The zero-order valence-corrected chi connectivity index (χ0v) is 13.1. The summed E-state index contributed by atoms with van der Waals surface area (Å²) in [7, 11) is 3.73. The highest BCUT2D eigenvalue weighted by Gasteiger charge is 2.08. The molecule has 0 saturated carbocycles. The summed E-state index contributed by atoms with van der Waals surface area (Å²) < 4.78 is 5.92. The molecule has 2 rings (SSSR count). The fourth-order valence-corrected chi connectivity index (χ4v) is 2.26. The van der Waals surface area contributed by atoms with E-state index in [1.165, 1.54) is 5.56 Å². The van der Waals surface area contributed by atoms with Gasteiger partial charge in [0.05, 0.1) is 6.54 Å². The first-order valence-electron chi connectivity index (χ1n) is 6.25. The van der Waals surface area contributed by atoms with Gasteiger partial charge >= 0.3 is 0 Å². The molecule has 0 atom stereocenters. The van der Waals surface area contributed by atoms with Crippen LogP contribution in [0.1, 0.15) is 11.3 Å². The fourth-order valence-electron chi connectivity index (χ4n) is 1.84. The van der Waals surface area contributed by atoms with Gasteiger partial charge in [-0.1, -0.05) is 39.3 Å². The van der Waals surface area contributed by atoms with Crippen LogP contribution in [0.15, 0.2) is 50.6 Å². The molecule has 6 heteroatoms. The van der Waals surface area contributed by atoms with Gasteiger partial charge < -0.3 is 14.7 Å². The molecule has 1 N–H and O–H groups in total. The molecule has 5 nitrogen and oxygen atoms in total. The van der Waals surface area contributed by atoms with E-state index in [0.717, 1.165) is 16.1 Å². The van der Waals surface area contributed by atoms with E-state index >= 15 is 0 Å². The molecule has 0 aliphatic rings. The van der Waals surface area contributed by atoms with Crippen LogP contribution in [0.4, 0.5) is 0 Å². The first-order chi connectivity index (χ1) is 9.70.